The molecule has 118 valence electrons. The van der Waals surface area contributed by atoms with Crippen molar-refractivity contribution in [2.75, 3.05) is 19.8 Å². The predicted molar refractivity (Wildman–Crippen MR) is 82.5 cm³/mol. The van der Waals surface area contributed by atoms with E-state index in [4.69, 9.17) is 14.2 Å². The van der Waals surface area contributed by atoms with Crippen LogP contribution in [0.2, 0.25) is 0 Å². The van der Waals surface area contributed by atoms with E-state index in [1.54, 1.807) is 12.1 Å². The molecular formula is C17H26O4. The molecule has 0 spiro atoms. The standard InChI is InChI=1S/C17H26O4/c1-4-5-11-19-12-14(2)20-13-15(3)21-17(18)16-9-7-6-8-10-16/h6-10,14-15H,4-5,11-13H2,1-3H3. The highest BCUT2D eigenvalue weighted by atomic mass is 16.6. The molecule has 0 amide bonds. The fraction of sp³-hybridized carbons (Fsp3) is 0.588. The van der Waals surface area contributed by atoms with Gasteiger partial charge in [0, 0.05) is 6.61 Å². The molecule has 4 heteroatoms. The van der Waals surface area contributed by atoms with E-state index >= 15 is 0 Å². The summed E-state index contributed by atoms with van der Waals surface area (Å²) in [4.78, 5) is 11.8. The van der Waals surface area contributed by atoms with E-state index in [2.05, 4.69) is 6.92 Å². The van der Waals surface area contributed by atoms with Gasteiger partial charge in [-0.2, -0.15) is 0 Å². The van der Waals surface area contributed by atoms with Gasteiger partial charge in [-0.05, 0) is 32.4 Å². The molecule has 2 atom stereocenters. The van der Waals surface area contributed by atoms with Gasteiger partial charge in [0.05, 0.1) is 24.9 Å². The summed E-state index contributed by atoms with van der Waals surface area (Å²) in [5.74, 6) is -0.321. The van der Waals surface area contributed by atoms with Crippen LogP contribution in [0.1, 0.15) is 44.0 Å². The molecule has 0 bridgehead atoms. The lowest BCUT2D eigenvalue weighted by molar-refractivity contribution is -0.0455. The number of benzene rings is 1. The van der Waals surface area contributed by atoms with E-state index in [-0.39, 0.29) is 18.2 Å². The van der Waals surface area contributed by atoms with Crippen LogP contribution >= 0.6 is 0 Å². The second kappa shape index (κ2) is 10.4. The Kier molecular flexibility index (Phi) is 8.71. The monoisotopic (exact) mass is 294 g/mol. The van der Waals surface area contributed by atoms with Crippen molar-refractivity contribution in [2.24, 2.45) is 0 Å². The number of unbranched alkanes of at least 4 members (excludes halogenated alkanes) is 1. The van der Waals surface area contributed by atoms with Gasteiger partial charge in [-0.3, -0.25) is 0 Å². The van der Waals surface area contributed by atoms with E-state index in [1.165, 1.54) is 0 Å². The highest BCUT2D eigenvalue weighted by Crippen LogP contribution is 2.05. The normalized spacial score (nSPS) is 13.7. The lowest BCUT2D eigenvalue weighted by Gasteiger charge is -2.17. The molecule has 1 aromatic carbocycles. The highest BCUT2D eigenvalue weighted by molar-refractivity contribution is 5.89. The van der Waals surface area contributed by atoms with Crippen LogP contribution < -0.4 is 0 Å². The first-order valence-electron chi connectivity index (χ1n) is 7.58. The van der Waals surface area contributed by atoms with Crippen LogP contribution in [0.3, 0.4) is 0 Å². The fourth-order valence-electron chi connectivity index (χ4n) is 1.70. The van der Waals surface area contributed by atoms with Gasteiger partial charge in [0.25, 0.3) is 0 Å². The molecule has 1 aromatic rings. The summed E-state index contributed by atoms with van der Waals surface area (Å²) >= 11 is 0. The molecule has 21 heavy (non-hydrogen) atoms. The molecule has 4 nitrogen and oxygen atoms in total. The van der Waals surface area contributed by atoms with E-state index in [0.29, 0.717) is 18.8 Å². The average molecular weight is 294 g/mol. The molecule has 0 saturated heterocycles. The van der Waals surface area contributed by atoms with Gasteiger partial charge in [0.2, 0.25) is 0 Å². The zero-order chi connectivity index (χ0) is 15.5. The minimum Gasteiger partial charge on any atom is -0.457 e. The van der Waals surface area contributed by atoms with Crippen molar-refractivity contribution in [2.45, 2.75) is 45.8 Å². The molecule has 1 rings (SSSR count). The number of hydrogen-bond acceptors (Lipinski definition) is 4. The molecule has 0 aliphatic rings. The third-order valence-electron chi connectivity index (χ3n) is 2.93. The van der Waals surface area contributed by atoms with Crippen molar-refractivity contribution in [3.8, 4) is 0 Å². The van der Waals surface area contributed by atoms with Crippen LogP contribution in [0.25, 0.3) is 0 Å². The van der Waals surface area contributed by atoms with Gasteiger partial charge in [-0.25, -0.2) is 4.79 Å². The maximum absolute atomic E-state index is 11.8. The maximum Gasteiger partial charge on any atom is 0.338 e. The minimum atomic E-state index is -0.321. The predicted octanol–water partition coefficient (Wildman–Crippen LogP) is 3.45. The number of rotatable bonds is 10. The Morgan fingerprint density at radius 3 is 2.48 bits per heavy atom. The molecule has 0 aliphatic carbocycles. The number of hydrogen-bond donors (Lipinski definition) is 0. The van der Waals surface area contributed by atoms with Crippen molar-refractivity contribution >= 4 is 5.97 Å². The van der Waals surface area contributed by atoms with Gasteiger partial charge in [-0.1, -0.05) is 31.5 Å². The average Bonchev–Trinajstić information content (AvgIpc) is 2.50. The molecular weight excluding hydrogens is 268 g/mol. The summed E-state index contributed by atoms with van der Waals surface area (Å²) in [5.41, 5.74) is 0.556. The summed E-state index contributed by atoms with van der Waals surface area (Å²) in [7, 11) is 0. The Morgan fingerprint density at radius 1 is 1.10 bits per heavy atom. The molecule has 0 saturated carbocycles. The smallest absolute Gasteiger partial charge is 0.338 e. The second-order valence-corrected chi connectivity index (χ2v) is 5.15. The zero-order valence-corrected chi connectivity index (χ0v) is 13.2. The lowest BCUT2D eigenvalue weighted by atomic mass is 10.2. The first-order chi connectivity index (χ1) is 10.1. The van der Waals surface area contributed by atoms with E-state index in [1.807, 2.05) is 32.0 Å². The van der Waals surface area contributed by atoms with Crippen LogP contribution in [-0.4, -0.2) is 38.0 Å². The van der Waals surface area contributed by atoms with Crippen molar-refractivity contribution in [1.29, 1.82) is 0 Å². The Balaban J connectivity index is 2.18. The van der Waals surface area contributed by atoms with Crippen LogP contribution in [-0.2, 0) is 14.2 Å². The Morgan fingerprint density at radius 2 is 1.81 bits per heavy atom. The molecule has 0 aliphatic heterocycles. The molecule has 2 unspecified atom stereocenters. The van der Waals surface area contributed by atoms with Crippen molar-refractivity contribution < 1.29 is 19.0 Å². The summed E-state index contributed by atoms with van der Waals surface area (Å²) in [5, 5.41) is 0. The number of carbonyl (C=O) groups excluding carboxylic acids is 1. The van der Waals surface area contributed by atoms with Crippen LogP contribution in [0.4, 0.5) is 0 Å². The maximum atomic E-state index is 11.8. The molecule has 0 fully saturated rings. The highest BCUT2D eigenvalue weighted by Gasteiger charge is 2.13. The third kappa shape index (κ3) is 7.83. The lowest BCUT2D eigenvalue weighted by Crippen LogP contribution is -2.25. The summed E-state index contributed by atoms with van der Waals surface area (Å²) < 4.78 is 16.4. The molecule has 0 aromatic heterocycles. The third-order valence-corrected chi connectivity index (χ3v) is 2.93. The van der Waals surface area contributed by atoms with Crippen LogP contribution in [0, 0.1) is 0 Å². The summed E-state index contributed by atoms with van der Waals surface area (Å²) in [6.45, 7) is 7.62. The number of carbonyl (C=O) groups is 1. The Bertz CT molecular complexity index is 391. The topological polar surface area (TPSA) is 44.8 Å². The Labute approximate surface area is 127 Å². The van der Waals surface area contributed by atoms with Gasteiger partial charge in [0.1, 0.15) is 6.10 Å². The van der Waals surface area contributed by atoms with Crippen LogP contribution in [0.5, 0.6) is 0 Å². The quantitative estimate of drug-likeness (QED) is 0.490. The minimum absolute atomic E-state index is 0.000247. The summed E-state index contributed by atoms with van der Waals surface area (Å²) in [6, 6.07) is 8.96. The molecule has 0 N–H and O–H groups in total. The van der Waals surface area contributed by atoms with Crippen molar-refractivity contribution in [1.82, 2.24) is 0 Å². The van der Waals surface area contributed by atoms with E-state index < -0.39 is 0 Å². The van der Waals surface area contributed by atoms with Gasteiger partial charge in [-0.15, -0.1) is 0 Å². The molecule has 0 heterocycles. The largest absolute Gasteiger partial charge is 0.457 e. The van der Waals surface area contributed by atoms with E-state index in [0.717, 1.165) is 19.4 Å². The molecule has 0 radical (unpaired) electrons. The van der Waals surface area contributed by atoms with Gasteiger partial charge in [0.15, 0.2) is 0 Å². The van der Waals surface area contributed by atoms with Crippen molar-refractivity contribution in [3.05, 3.63) is 35.9 Å². The SMILES string of the molecule is CCCCOCC(C)OCC(C)OC(=O)c1ccccc1. The van der Waals surface area contributed by atoms with E-state index in [9.17, 15) is 4.79 Å². The first-order valence-corrected chi connectivity index (χ1v) is 7.58. The zero-order valence-electron chi connectivity index (χ0n) is 13.2. The Hall–Kier alpha value is -1.39. The van der Waals surface area contributed by atoms with Crippen LogP contribution in [0.15, 0.2) is 30.3 Å². The number of ether oxygens (including phenoxy) is 3. The number of esters is 1. The second-order valence-electron chi connectivity index (χ2n) is 5.15. The van der Waals surface area contributed by atoms with Crippen molar-refractivity contribution in [3.63, 3.8) is 0 Å². The first kappa shape index (κ1) is 17.7. The fourth-order valence-corrected chi connectivity index (χ4v) is 1.70. The van der Waals surface area contributed by atoms with Gasteiger partial charge < -0.3 is 14.2 Å². The van der Waals surface area contributed by atoms with Gasteiger partial charge >= 0.3 is 5.97 Å². The summed E-state index contributed by atoms with van der Waals surface area (Å²) in [6.07, 6.45) is 1.91.